The highest BCUT2D eigenvalue weighted by molar-refractivity contribution is 5.79. The Morgan fingerprint density at radius 1 is 1.47 bits per heavy atom. The molecule has 0 atom stereocenters. The lowest BCUT2D eigenvalue weighted by molar-refractivity contribution is -0.142. The molecule has 0 unspecified atom stereocenters. The van der Waals surface area contributed by atoms with Crippen molar-refractivity contribution in [3.63, 3.8) is 0 Å². The number of benzene rings is 1. The number of aldehydes is 1. The molecule has 0 heterocycles. The van der Waals surface area contributed by atoms with Crippen LogP contribution in [0.2, 0.25) is 0 Å². The summed E-state index contributed by atoms with van der Waals surface area (Å²) in [6, 6.07) is 5.09. The lowest BCUT2D eigenvalue weighted by atomic mass is 10.0. The van der Waals surface area contributed by atoms with E-state index in [2.05, 4.69) is 11.3 Å². The number of methoxy groups -OCH3 is 1. The lowest BCUT2D eigenvalue weighted by Gasteiger charge is -2.11. The number of ether oxygens (including phenoxy) is 2. The van der Waals surface area contributed by atoms with Crippen LogP contribution in [0.1, 0.15) is 15.9 Å². The SMILES string of the molecule is C=CCc1c(C=O)cccc1OCC(=O)OC. The first-order valence-corrected chi connectivity index (χ1v) is 5.10. The van der Waals surface area contributed by atoms with E-state index in [1.807, 2.05) is 0 Å². The number of esters is 1. The molecule has 0 radical (unpaired) electrons. The summed E-state index contributed by atoms with van der Waals surface area (Å²) in [5.74, 6) is 0.0333. The van der Waals surface area contributed by atoms with Gasteiger partial charge in [0, 0.05) is 11.1 Å². The molecule has 0 amide bonds. The zero-order valence-electron chi connectivity index (χ0n) is 9.64. The number of carbonyl (C=O) groups excluding carboxylic acids is 2. The zero-order chi connectivity index (χ0) is 12.7. The molecule has 0 aliphatic carbocycles. The van der Waals surface area contributed by atoms with E-state index in [0.29, 0.717) is 17.7 Å². The molecule has 0 spiro atoms. The fraction of sp³-hybridized carbons (Fsp3) is 0.231. The Balaban J connectivity index is 2.93. The fourth-order valence-electron chi connectivity index (χ4n) is 1.39. The second-order valence-corrected chi connectivity index (χ2v) is 3.30. The van der Waals surface area contributed by atoms with Crippen molar-refractivity contribution >= 4 is 12.3 Å². The number of allylic oxidation sites excluding steroid dienone is 1. The van der Waals surface area contributed by atoms with Crippen molar-refractivity contribution in [2.24, 2.45) is 0 Å². The highest BCUT2D eigenvalue weighted by Gasteiger charge is 2.09. The molecule has 4 nitrogen and oxygen atoms in total. The van der Waals surface area contributed by atoms with Crippen LogP contribution in [0.15, 0.2) is 30.9 Å². The quantitative estimate of drug-likeness (QED) is 0.427. The number of rotatable bonds is 6. The van der Waals surface area contributed by atoms with Gasteiger partial charge in [-0.3, -0.25) is 4.79 Å². The molecule has 0 saturated carbocycles. The molecule has 1 aromatic rings. The third-order valence-corrected chi connectivity index (χ3v) is 2.22. The maximum Gasteiger partial charge on any atom is 0.343 e. The third kappa shape index (κ3) is 3.45. The highest BCUT2D eigenvalue weighted by Crippen LogP contribution is 2.22. The summed E-state index contributed by atoms with van der Waals surface area (Å²) in [6.45, 7) is 3.44. The monoisotopic (exact) mass is 234 g/mol. The van der Waals surface area contributed by atoms with Crippen LogP contribution in [0, 0.1) is 0 Å². The Kier molecular flexibility index (Phi) is 4.94. The fourth-order valence-corrected chi connectivity index (χ4v) is 1.39. The topological polar surface area (TPSA) is 52.6 Å². The van der Waals surface area contributed by atoms with E-state index in [9.17, 15) is 9.59 Å². The molecule has 0 saturated heterocycles. The van der Waals surface area contributed by atoms with Crippen molar-refractivity contribution in [1.29, 1.82) is 0 Å². The number of hydrogen-bond donors (Lipinski definition) is 0. The van der Waals surface area contributed by atoms with Gasteiger partial charge in [0.15, 0.2) is 6.61 Å². The molecule has 0 aliphatic rings. The molecular formula is C13H14O4. The molecular weight excluding hydrogens is 220 g/mol. The average molecular weight is 234 g/mol. The minimum absolute atomic E-state index is 0.178. The first-order valence-electron chi connectivity index (χ1n) is 5.10. The van der Waals surface area contributed by atoms with Crippen molar-refractivity contribution in [3.8, 4) is 5.75 Å². The minimum atomic E-state index is -0.467. The Bertz CT molecular complexity index is 423. The standard InChI is InChI=1S/C13H14O4/c1-3-5-11-10(8-14)6-4-7-12(11)17-9-13(15)16-2/h3-4,6-8H,1,5,9H2,2H3. The molecule has 4 heteroatoms. The summed E-state index contributed by atoms with van der Waals surface area (Å²) < 4.78 is 9.78. The van der Waals surface area contributed by atoms with Gasteiger partial charge in [-0.25, -0.2) is 4.79 Å². The van der Waals surface area contributed by atoms with E-state index in [1.165, 1.54) is 7.11 Å². The van der Waals surface area contributed by atoms with Crippen LogP contribution in [0.25, 0.3) is 0 Å². The Morgan fingerprint density at radius 3 is 2.82 bits per heavy atom. The van der Waals surface area contributed by atoms with Gasteiger partial charge in [-0.05, 0) is 12.5 Å². The Hall–Kier alpha value is -2.10. The molecule has 1 rings (SSSR count). The van der Waals surface area contributed by atoms with Crippen LogP contribution in [-0.4, -0.2) is 26.0 Å². The third-order valence-electron chi connectivity index (χ3n) is 2.22. The molecule has 0 aromatic heterocycles. The van der Waals surface area contributed by atoms with Gasteiger partial charge in [0.05, 0.1) is 7.11 Å². The van der Waals surface area contributed by atoms with Crippen LogP contribution in [-0.2, 0) is 16.0 Å². The first-order chi connectivity index (χ1) is 8.22. The second-order valence-electron chi connectivity index (χ2n) is 3.30. The Morgan fingerprint density at radius 2 is 2.24 bits per heavy atom. The lowest BCUT2D eigenvalue weighted by Crippen LogP contribution is -2.13. The van der Waals surface area contributed by atoms with E-state index < -0.39 is 5.97 Å². The maximum atomic E-state index is 11.0. The van der Waals surface area contributed by atoms with Gasteiger partial charge >= 0.3 is 5.97 Å². The second kappa shape index (κ2) is 6.48. The van der Waals surface area contributed by atoms with E-state index in [0.717, 1.165) is 11.8 Å². The van der Waals surface area contributed by atoms with Gasteiger partial charge < -0.3 is 9.47 Å². The largest absolute Gasteiger partial charge is 0.482 e. The van der Waals surface area contributed by atoms with Crippen LogP contribution in [0.4, 0.5) is 0 Å². The van der Waals surface area contributed by atoms with Gasteiger partial charge in [0.2, 0.25) is 0 Å². The normalized spacial score (nSPS) is 9.47. The number of hydrogen-bond acceptors (Lipinski definition) is 4. The highest BCUT2D eigenvalue weighted by atomic mass is 16.6. The van der Waals surface area contributed by atoms with E-state index in [4.69, 9.17) is 4.74 Å². The smallest absolute Gasteiger partial charge is 0.343 e. The maximum absolute atomic E-state index is 11.0. The average Bonchev–Trinajstić information content (AvgIpc) is 2.37. The predicted molar refractivity (Wildman–Crippen MR) is 63.2 cm³/mol. The number of carbonyl (C=O) groups is 2. The van der Waals surface area contributed by atoms with Gasteiger partial charge in [0.1, 0.15) is 12.0 Å². The summed E-state index contributed by atoms with van der Waals surface area (Å²) >= 11 is 0. The molecule has 0 N–H and O–H groups in total. The van der Waals surface area contributed by atoms with E-state index in [1.54, 1.807) is 24.3 Å². The summed E-state index contributed by atoms with van der Waals surface area (Å²) in [6.07, 6.45) is 2.93. The summed E-state index contributed by atoms with van der Waals surface area (Å²) in [4.78, 5) is 21.8. The summed E-state index contributed by atoms with van der Waals surface area (Å²) in [5, 5.41) is 0. The minimum Gasteiger partial charge on any atom is -0.482 e. The van der Waals surface area contributed by atoms with Crippen molar-refractivity contribution in [1.82, 2.24) is 0 Å². The summed E-state index contributed by atoms with van der Waals surface area (Å²) in [7, 11) is 1.29. The van der Waals surface area contributed by atoms with Crippen molar-refractivity contribution < 1.29 is 19.1 Å². The summed E-state index contributed by atoms with van der Waals surface area (Å²) in [5.41, 5.74) is 1.26. The predicted octanol–water partition coefficient (Wildman–Crippen LogP) is 1.78. The molecule has 90 valence electrons. The molecule has 0 fully saturated rings. The van der Waals surface area contributed by atoms with Gasteiger partial charge in [-0.1, -0.05) is 18.2 Å². The van der Waals surface area contributed by atoms with Crippen LogP contribution in [0.3, 0.4) is 0 Å². The van der Waals surface area contributed by atoms with Crippen LogP contribution < -0.4 is 4.74 Å². The van der Waals surface area contributed by atoms with E-state index >= 15 is 0 Å². The molecule has 0 bridgehead atoms. The van der Waals surface area contributed by atoms with Crippen molar-refractivity contribution in [2.75, 3.05) is 13.7 Å². The molecule has 0 aliphatic heterocycles. The van der Waals surface area contributed by atoms with E-state index in [-0.39, 0.29) is 6.61 Å². The van der Waals surface area contributed by atoms with Gasteiger partial charge in [0.25, 0.3) is 0 Å². The van der Waals surface area contributed by atoms with Crippen molar-refractivity contribution in [3.05, 3.63) is 42.0 Å². The van der Waals surface area contributed by atoms with Gasteiger partial charge in [-0.15, -0.1) is 6.58 Å². The molecule has 1 aromatic carbocycles. The van der Waals surface area contributed by atoms with Crippen LogP contribution >= 0.6 is 0 Å². The zero-order valence-corrected chi connectivity index (χ0v) is 9.64. The first kappa shape index (κ1) is 13.0. The Labute approximate surface area is 99.8 Å². The molecule has 17 heavy (non-hydrogen) atoms. The van der Waals surface area contributed by atoms with Crippen LogP contribution in [0.5, 0.6) is 5.75 Å². The van der Waals surface area contributed by atoms with Gasteiger partial charge in [-0.2, -0.15) is 0 Å². The van der Waals surface area contributed by atoms with Crippen molar-refractivity contribution in [2.45, 2.75) is 6.42 Å².